The SMILES string of the molecule is O=C(NC1CCN(CC2CC2)C1=O)c1cnc2cc(OC(F)F)c(F)cc2c1. The van der Waals surface area contributed by atoms with Gasteiger partial charge in [-0.3, -0.25) is 14.6 Å². The van der Waals surface area contributed by atoms with Gasteiger partial charge in [-0.15, -0.1) is 0 Å². The predicted octanol–water partition coefficient (Wildman–Crippen LogP) is 2.72. The quantitative estimate of drug-likeness (QED) is 0.819. The number of hydrogen-bond acceptors (Lipinski definition) is 4. The molecule has 0 radical (unpaired) electrons. The van der Waals surface area contributed by atoms with Gasteiger partial charge in [0.2, 0.25) is 5.91 Å². The van der Waals surface area contributed by atoms with Gasteiger partial charge in [-0.2, -0.15) is 8.78 Å². The first kappa shape index (κ1) is 18.5. The summed E-state index contributed by atoms with van der Waals surface area (Å²) in [4.78, 5) is 30.7. The van der Waals surface area contributed by atoms with Gasteiger partial charge < -0.3 is 15.0 Å². The van der Waals surface area contributed by atoms with E-state index in [9.17, 15) is 22.8 Å². The van der Waals surface area contributed by atoms with Gasteiger partial charge in [0.05, 0.1) is 11.1 Å². The van der Waals surface area contributed by atoms with Crippen LogP contribution in [0.15, 0.2) is 24.4 Å². The van der Waals surface area contributed by atoms with E-state index in [1.807, 2.05) is 0 Å². The Balaban J connectivity index is 1.47. The van der Waals surface area contributed by atoms with E-state index in [4.69, 9.17) is 0 Å². The minimum absolute atomic E-state index is 0.0890. The minimum atomic E-state index is -3.15. The van der Waals surface area contributed by atoms with Gasteiger partial charge in [0.25, 0.3) is 5.91 Å². The number of halogens is 3. The largest absolute Gasteiger partial charge is 0.432 e. The first-order chi connectivity index (χ1) is 13.4. The second-order valence-corrected chi connectivity index (χ2v) is 7.12. The molecule has 1 saturated heterocycles. The van der Waals surface area contributed by atoms with Gasteiger partial charge in [0.15, 0.2) is 11.6 Å². The van der Waals surface area contributed by atoms with E-state index in [-0.39, 0.29) is 22.4 Å². The van der Waals surface area contributed by atoms with Crippen molar-refractivity contribution in [1.82, 2.24) is 15.2 Å². The number of rotatable bonds is 6. The number of fused-ring (bicyclic) bond motifs is 1. The Morgan fingerprint density at radius 2 is 2.07 bits per heavy atom. The number of hydrogen-bond donors (Lipinski definition) is 1. The number of benzene rings is 1. The number of nitrogens with one attached hydrogen (secondary N) is 1. The minimum Gasteiger partial charge on any atom is -0.432 e. The van der Waals surface area contributed by atoms with Crippen molar-refractivity contribution in [2.45, 2.75) is 31.9 Å². The molecular formula is C19H18F3N3O3. The molecule has 0 spiro atoms. The standard InChI is InChI=1S/C19H18F3N3O3/c20-13-6-11-5-12(8-23-15(11)7-16(13)28-19(21)22)17(26)24-14-3-4-25(18(14)27)9-10-1-2-10/h5-8,10,14,19H,1-4,9H2,(H,24,26). The number of likely N-dealkylation sites (tertiary alicyclic amines) is 1. The van der Waals surface area contributed by atoms with Crippen LogP contribution < -0.4 is 10.1 Å². The van der Waals surface area contributed by atoms with E-state index in [0.29, 0.717) is 18.9 Å². The number of alkyl halides is 2. The Kier molecular flexibility index (Phi) is 4.82. The van der Waals surface area contributed by atoms with E-state index >= 15 is 0 Å². The van der Waals surface area contributed by atoms with E-state index in [1.165, 1.54) is 12.3 Å². The third kappa shape index (κ3) is 3.88. The highest BCUT2D eigenvalue weighted by Crippen LogP contribution is 2.31. The Morgan fingerprint density at radius 1 is 1.29 bits per heavy atom. The maximum absolute atomic E-state index is 13.9. The third-order valence-electron chi connectivity index (χ3n) is 4.99. The highest BCUT2D eigenvalue weighted by Gasteiger charge is 2.36. The lowest BCUT2D eigenvalue weighted by Crippen LogP contribution is -2.42. The van der Waals surface area contributed by atoms with Crippen molar-refractivity contribution >= 4 is 22.7 Å². The van der Waals surface area contributed by atoms with Crippen LogP contribution in [0, 0.1) is 11.7 Å². The fourth-order valence-corrected chi connectivity index (χ4v) is 3.35. The van der Waals surface area contributed by atoms with E-state index < -0.39 is 30.1 Å². The van der Waals surface area contributed by atoms with Crippen molar-refractivity contribution in [2.24, 2.45) is 5.92 Å². The van der Waals surface area contributed by atoms with Crippen LogP contribution in [0.25, 0.3) is 10.9 Å². The summed E-state index contributed by atoms with van der Waals surface area (Å²) in [6.45, 7) is -1.79. The molecule has 2 fully saturated rings. The van der Waals surface area contributed by atoms with Crippen LogP contribution in [0.4, 0.5) is 13.2 Å². The molecule has 1 unspecified atom stereocenters. The summed E-state index contributed by atoms with van der Waals surface area (Å²) in [5, 5.41) is 2.96. The number of carbonyl (C=O) groups is 2. The van der Waals surface area contributed by atoms with Gasteiger partial charge in [-0.05, 0) is 37.3 Å². The summed E-state index contributed by atoms with van der Waals surface area (Å²) < 4.78 is 42.6. The first-order valence-electron chi connectivity index (χ1n) is 9.04. The average Bonchev–Trinajstić information content (AvgIpc) is 3.41. The molecule has 9 heteroatoms. The van der Waals surface area contributed by atoms with Crippen molar-refractivity contribution in [1.29, 1.82) is 0 Å². The van der Waals surface area contributed by atoms with E-state index in [2.05, 4.69) is 15.0 Å². The van der Waals surface area contributed by atoms with Crippen LogP contribution in [-0.2, 0) is 4.79 Å². The molecule has 1 aromatic heterocycles. The van der Waals surface area contributed by atoms with Gasteiger partial charge in [0.1, 0.15) is 6.04 Å². The number of pyridine rings is 1. The lowest BCUT2D eigenvalue weighted by Gasteiger charge is -2.16. The normalized spacial score (nSPS) is 19.5. The Labute approximate surface area is 158 Å². The van der Waals surface area contributed by atoms with E-state index in [1.54, 1.807) is 4.90 Å². The molecule has 2 aliphatic rings. The highest BCUT2D eigenvalue weighted by molar-refractivity contribution is 6.00. The van der Waals surface area contributed by atoms with Crippen LogP contribution >= 0.6 is 0 Å². The zero-order valence-corrected chi connectivity index (χ0v) is 14.8. The van der Waals surface area contributed by atoms with Crippen molar-refractivity contribution in [2.75, 3.05) is 13.1 Å². The summed E-state index contributed by atoms with van der Waals surface area (Å²) >= 11 is 0. The maximum Gasteiger partial charge on any atom is 0.387 e. The zero-order chi connectivity index (χ0) is 19.8. The van der Waals surface area contributed by atoms with Crippen molar-refractivity contribution in [3.63, 3.8) is 0 Å². The molecular weight excluding hydrogens is 375 g/mol. The van der Waals surface area contributed by atoms with Crippen LogP contribution in [-0.4, -0.2) is 47.4 Å². The Hall–Kier alpha value is -2.84. The first-order valence-corrected chi connectivity index (χ1v) is 9.04. The number of ether oxygens (including phenoxy) is 1. The smallest absolute Gasteiger partial charge is 0.387 e. The van der Waals surface area contributed by atoms with Crippen LogP contribution in [0.3, 0.4) is 0 Å². The number of amides is 2. The summed E-state index contributed by atoms with van der Waals surface area (Å²) in [6, 6.07) is 2.85. The molecule has 2 amide bonds. The topological polar surface area (TPSA) is 71.5 Å². The zero-order valence-electron chi connectivity index (χ0n) is 14.8. The molecule has 1 aromatic carbocycles. The molecule has 6 nitrogen and oxygen atoms in total. The van der Waals surface area contributed by atoms with Gasteiger partial charge in [-0.1, -0.05) is 0 Å². The molecule has 4 rings (SSSR count). The molecule has 0 bridgehead atoms. The Morgan fingerprint density at radius 3 is 2.79 bits per heavy atom. The molecule has 2 heterocycles. The molecule has 1 aliphatic heterocycles. The van der Waals surface area contributed by atoms with Crippen molar-refractivity contribution < 1.29 is 27.5 Å². The summed E-state index contributed by atoms with van der Waals surface area (Å²) in [6.07, 6.45) is 4.08. The highest BCUT2D eigenvalue weighted by atomic mass is 19.3. The number of carbonyl (C=O) groups excluding carboxylic acids is 2. The molecule has 148 valence electrons. The summed E-state index contributed by atoms with van der Waals surface area (Å²) in [5.74, 6) is -1.59. The maximum atomic E-state index is 13.9. The fraction of sp³-hybridized carbons (Fsp3) is 0.421. The molecule has 1 aliphatic carbocycles. The molecule has 1 saturated carbocycles. The average molecular weight is 393 g/mol. The molecule has 2 aromatic rings. The van der Waals surface area contributed by atoms with Crippen LogP contribution in [0.1, 0.15) is 29.6 Å². The van der Waals surface area contributed by atoms with Crippen molar-refractivity contribution in [3.05, 3.63) is 35.8 Å². The second kappa shape index (κ2) is 7.29. The lowest BCUT2D eigenvalue weighted by atomic mass is 10.1. The predicted molar refractivity (Wildman–Crippen MR) is 93.5 cm³/mol. The van der Waals surface area contributed by atoms with Crippen LogP contribution in [0.2, 0.25) is 0 Å². The molecule has 28 heavy (non-hydrogen) atoms. The number of aromatic nitrogens is 1. The van der Waals surface area contributed by atoms with Gasteiger partial charge in [-0.25, -0.2) is 4.39 Å². The van der Waals surface area contributed by atoms with Crippen LogP contribution in [0.5, 0.6) is 5.75 Å². The lowest BCUT2D eigenvalue weighted by molar-refractivity contribution is -0.129. The Bertz CT molecular complexity index is 933. The second-order valence-electron chi connectivity index (χ2n) is 7.12. The third-order valence-corrected chi connectivity index (χ3v) is 4.99. The monoisotopic (exact) mass is 393 g/mol. The number of nitrogens with zero attached hydrogens (tertiary/aromatic N) is 2. The summed E-state index contributed by atoms with van der Waals surface area (Å²) in [7, 11) is 0. The van der Waals surface area contributed by atoms with Gasteiger partial charge in [0, 0.05) is 30.7 Å². The van der Waals surface area contributed by atoms with Gasteiger partial charge >= 0.3 is 6.61 Å². The van der Waals surface area contributed by atoms with Crippen molar-refractivity contribution in [3.8, 4) is 5.75 Å². The van der Waals surface area contributed by atoms with E-state index in [0.717, 1.165) is 31.5 Å². The molecule has 1 atom stereocenters. The summed E-state index contributed by atoms with van der Waals surface area (Å²) in [5.41, 5.74) is 0.365. The molecule has 1 N–H and O–H groups in total. The fourth-order valence-electron chi connectivity index (χ4n) is 3.35.